The Kier molecular flexibility index (Phi) is 1.78. The molecule has 0 atom stereocenters. The van der Waals surface area contributed by atoms with E-state index in [1.54, 1.807) is 6.34 Å². The number of hydrogen-bond acceptors (Lipinski definition) is 2. The summed E-state index contributed by atoms with van der Waals surface area (Å²) in [6.45, 7) is 0. The van der Waals surface area contributed by atoms with Gasteiger partial charge in [-0.05, 0) is 5.22 Å². The van der Waals surface area contributed by atoms with E-state index in [9.17, 15) is 0 Å². The highest BCUT2D eigenvalue weighted by molar-refractivity contribution is 5.80. The van der Waals surface area contributed by atoms with Crippen molar-refractivity contribution in [2.75, 3.05) is 0 Å². The Balaban J connectivity index is 2.45. The molecular formula is C13H9N2. The molecule has 2 aliphatic rings. The molecule has 1 aromatic carbocycles. The third-order valence-corrected chi connectivity index (χ3v) is 2.50. The van der Waals surface area contributed by atoms with Crippen LogP contribution in [0.5, 0.6) is 0 Å². The second kappa shape index (κ2) is 3.24. The molecule has 0 unspecified atom stereocenters. The monoisotopic (exact) mass is 193 g/mol. The van der Waals surface area contributed by atoms with E-state index in [0.717, 1.165) is 11.3 Å². The maximum Gasteiger partial charge on any atom is 0.100 e. The number of benzene rings is 1. The van der Waals surface area contributed by atoms with Crippen molar-refractivity contribution < 1.29 is 0 Å². The standard InChI is InChI=1S/C13H9N2/c1-2-7-12-10(4-1)5-3-6-11-8-14-9-15-13(11)12/h1-7,9H,(H,14,15). The fraction of sp³-hybridized carbons (Fsp3) is 0. The van der Waals surface area contributed by atoms with Crippen LogP contribution in [0.15, 0.2) is 47.0 Å². The minimum absolute atomic E-state index is 0.999. The van der Waals surface area contributed by atoms with Crippen LogP contribution in [-0.2, 0) is 0 Å². The van der Waals surface area contributed by atoms with E-state index in [0.29, 0.717) is 0 Å². The summed E-state index contributed by atoms with van der Waals surface area (Å²) in [6.07, 6.45) is 10.8. The van der Waals surface area contributed by atoms with Crippen molar-refractivity contribution >= 4 is 18.1 Å². The first kappa shape index (κ1) is 8.24. The molecule has 15 heavy (non-hydrogen) atoms. The van der Waals surface area contributed by atoms with Crippen LogP contribution >= 0.6 is 0 Å². The van der Waals surface area contributed by atoms with Gasteiger partial charge in [-0.1, -0.05) is 42.5 Å². The molecular weight excluding hydrogens is 184 g/mol. The van der Waals surface area contributed by atoms with Crippen LogP contribution in [0.3, 0.4) is 0 Å². The number of allylic oxidation sites excluding steroid dienone is 1. The Bertz CT molecular complexity index is 604. The summed E-state index contributed by atoms with van der Waals surface area (Å²) >= 11 is 0. The molecule has 1 radical (unpaired) electrons. The fourth-order valence-electron chi connectivity index (χ4n) is 1.79. The molecule has 3 rings (SSSR count). The number of fused-ring (bicyclic) bond motifs is 2. The Morgan fingerprint density at radius 3 is 3.13 bits per heavy atom. The molecule has 1 aromatic rings. The maximum absolute atomic E-state index is 3.97. The second-order valence-corrected chi connectivity index (χ2v) is 3.42. The van der Waals surface area contributed by atoms with E-state index in [4.69, 9.17) is 0 Å². The van der Waals surface area contributed by atoms with E-state index < -0.39 is 0 Å². The first-order valence-corrected chi connectivity index (χ1v) is 4.84. The Labute approximate surface area is 87.7 Å². The topological polar surface area (TPSA) is 24.4 Å². The molecule has 0 fully saturated rings. The molecule has 1 N–H and O–H groups in total. The average Bonchev–Trinajstić information content (AvgIpc) is 2.48. The van der Waals surface area contributed by atoms with E-state index >= 15 is 0 Å². The van der Waals surface area contributed by atoms with Gasteiger partial charge in [0.05, 0.1) is 12.0 Å². The SMILES string of the molecule is [C]1=C2C=CC=c3ccccc3=C2NC=N1. The van der Waals surface area contributed by atoms with Gasteiger partial charge < -0.3 is 5.32 Å². The Morgan fingerprint density at radius 2 is 2.13 bits per heavy atom. The lowest BCUT2D eigenvalue weighted by molar-refractivity contribution is 1.22. The van der Waals surface area contributed by atoms with Crippen molar-refractivity contribution in [2.45, 2.75) is 0 Å². The van der Waals surface area contributed by atoms with Gasteiger partial charge in [0, 0.05) is 10.8 Å². The van der Waals surface area contributed by atoms with E-state index in [2.05, 4.69) is 34.7 Å². The summed E-state index contributed by atoms with van der Waals surface area (Å²) in [6, 6.07) is 8.28. The first-order chi connectivity index (χ1) is 7.45. The van der Waals surface area contributed by atoms with E-state index in [-0.39, 0.29) is 0 Å². The Hall–Kier alpha value is -2.09. The van der Waals surface area contributed by atoms with Crippen molar-refractivity contribution in [3.8, 4) is 0 Å². The summed E-state index contributed by atoms with van der Waals surface area (Å²) in [5.41, 5.74) is 2.07. The van der Waals surface area contributed by atoms with Gasteiger partial charge in [0.15, 0.2) is 0 Å². The predicted octanol–water partition coefficient (Wildman–Crippen LogP) is 0.464. The van der Waals surface area contributed by atoms with Crippen LogP contribution in [0, 0.1) is 6.20 Å². The van der Waals surface area contributed by atoms with Gasteiger partial charge in [-0.25, -0.2) is 4.99 Å². The molecule has 0 spiro atoms. The zero-order valence-electron chi connectivity index (χ0n) is 8.07. The van der Waals surface area contributed by atoms with E-state index in [1.165, 1.54) is 10.4 Å². The number of nitrogens with zero attached hydrogens (tertiary/aromatic N) is 1. The number of aliphatic imine (C=N–C) groups is 1. The predicted molar refractivity (Wildman–Crippen MR) is 61.1 cm³/mol. The fourth-order valence-corrected chi connectivity index (χ4v) is 1.79. The minimum Gasteiger partial charge on any atom is -0.345 e. The van der Waals surface area contributed by atoms with Gasteiger partial charge in [-0.3, -0.25) is 0 Å². The molecule has 71 valence electrons. The Morgan fingerprint density at radius 1 is 1.20 bits per heavy atom. The van der Waals surface area contributed by atoms with Crippen LogP contribution < -0.4 is 15.8 Å². The smallest absolute Gasteiger partial charge is 0.100 e. The molecule has 0 aromatic heterocycles. The van der Waals surface area contributed by atoms with Gasteiger partial charge in [-0.2, -0.15) is 0 Å². The highest BCUT2D eigenvalue weighted by atomic mass is 15.0. The number of nitrogens with one attached hydrogen (secondary N) is 1. The summed E-state index contributed by atoms with van der Waals surface area (Å²) in [4.78, 5) is 3.97. The van der Waals surface area contributed by atoms with Crippen LogP contribution in [0.1, 0.15) is 0 Å². The van der Waals surface area contributed by atoms with Gasteiger partial charge in [0.1, 0.15) is 6.20 Å². The van der Waals surface area contributed by atoms with E-state index in [1.807, 2.05) is 24.3 Å². The van der Waals surface area contributed by atoms with Crippen molar-refractivity contribution in [3.05, 3.63) is 58.6 Å². The third kappa shape index (κ3) is 1.31. The molecule has 0 bridgehead atoms. The average molecular weight is 193 g/mol. The first-order valence-electron chi connectivity index (χ1n) is 4.84. The lowest BCUT2D eigenvalue weighted by Gasteiger charge is -2.10. The highest BCUT2D eigenvalue weighted by Crippen LogP contribution is 2.11. The molecule has 2 nitrogen and oxygen atoms in total. The van der Waals surface area contributed by atoms with Crippen molar-refractivity contribution in [3.63, 3.8) is 0 Å². The quantitative estimate of drug-likeness (QED) is 0.636. The molecule has 0 saturated carbocycles. The van der Waals surface area contributed by atoms with Crippen molar-refractivity contribution in [1.29, 1.82) is 0 Å². The highest BCUT2D eigenvalue weighted by Gasteiger charge is 2.07. The van der Waals surface area contributed by atoms with Crippen LogP contribution in [0.4, 0.5) is 0 Å². The maximum atomic E-state index is 3.97. The van der Waals surface area contributed by atoms with Gasteiger partial charge in [0.2, 0.25) is 0 Å². The molecule has 1 aliphatic carbocycles. The molecule has 0 amide bonds. The van der Waals surface area contributed by atoms with Gasteiger partial charge in [-0.15, -0.1) is 0 Å². The summed E-state index contributed by atoms with van der Waals surface area (Å²) in [5, 5.41) is 5.57. The number of hydrogen-bond donors (Lipinski definition) is 1. The summed E-state index contributed by atoms with van der Waals surface area (Å²) < 4.78 is 0. The zero-order valence-corrected chi connectivity index (χ0v) is 8.07. The molecule has 1 heterocycles. The van der Waals surface area contributed by atoms with Crippen LogP contribution in [0.2, 0.25) is 0 Å². The minimum atomic E-state index is 0.999. The largest absolute Gasteiger partial charge is 0.345 e. The second-order valence-electron chi connectivity index (χ2n) is 3.42. The zero-order chi connectivity index (χ0) is 10.1. The normalized spacial score (nSPS) is 16.8. The molecule has 2 heteroatoms. The van der Waals surface area contributed by atoms with Crippen molar-refractivity contribution in [1.82, 2.24) is 5.32 Å². The molecule has 1 aliphatic heterocycles. The molecule has 0 saturated heterocycles. The lowest BCUT2D eigenvalue weighted by atomic mass is 10.1. The number of rotatable bonds is 0. The summed E-state index contributed by atoms with van der Waals surface area (Å²) in [7, 11) is 0. The van der Waals surface area contributed by atoms with Crippen molar-refractivity contribution in [2.24, 2.45) is 4.99 Å². The lowest BCUT2D eigenvalue weighted by Crippen LogP contribution is -2.32. The van der Waals surface area contributed by atoms with Crippen LogP contribution in [-0.4, -0.2) is 6.34 Å². The van der Waals surface area contributed by atoms with Gasteiger partial charge >= 0.3 is 0 Å². The third-order valence-electron chi connectivity index (χ3n) is 2.50. The van der Waals surface area contributed by atoms with Gasteiger partial charge in [0.25, 0.3) is 0 Å². The summed E-state index contributed by atoms with van der Waals surface area (Å²) in [5.74, 6) is 0. The van der Waals surface area contributed by atoms with Crippen LogP contribution in [0.25, 0.3) is 11.8 Å².